The molecule has 0 spiro atoms. The van der Waals surface area contributed by atoms with Crippen molar-refractivity contribution in [3.8, 4) is 0 Å². The summed E-state index contributed by atoms with van der Waals surface area (Å²) < 4.78 is 0. The van der Waals surface area contributed by atoms with E-state index in [-0.39, 0.29) is 11.7 Å². The van der Waals surface area contributed by atoms with Crippen LogP contribution in [0.15, 0.2) is 90.5 Å². The molecule has 0 fully saturated rings. The van der Waals surface area contributed by atoms with E-state index in [0.717, 1.165) is 18.4 Å². The monoisotopic (exact) mass is 338 g/mol. The molecule has 0 heterocycles. The van der Waals surface area contributed by atoms with Gasteiger partial charge in [-0.3, -0.25) is 4.79 Å². The van der Waals surface area contributed by atoms with Gasteiger partial charge in [0.15, 0.2) is 5.78 Å². The number of aryl methyl sites for hydroxylation is 1. The fourth-order valence-electron chi connectivity index (χ4n) is 3.80. The van der Waals surface area contributed by atoms with E-state index in [1.807, 2.05) is 36.4 Å². The number of benzene rings is 3. The van der Waals surface area contributed by atoms with E-state index >= 15 is 0 Å². The first-order chi connectivity index (χ1) is 12.8. The van der Waals surface area contributed by atoms with E-state index in [1.165, 1.54) is 22.3 Å². The van der Waals surface area contributed by atoms with Crippen molar-refractivity contribution >= 4 is 11.9 Å². The fourth-order valence-corrected chi connectivity index (χ4v) is 3.80. The number of rotatable bonds is 5. The molecule has 0 bridgehead atoms. The second kappa shape index (κ2) is 7.53. The zero-order chi connectivity index (χ0) is 17.8. The van der Waals surface area contributed by atoms with Crippen molar-refractivity contribution in [1.29, 1.82) is 0 Å². The number of hydrogen-bond donors (Lipinski definition) is 0. The summed E-state index contributed by atoms with van der Waals surface area (Å²) in [6.07, 6.45) is 4.88. The normalized spacial score (nSPS) is 14.2. The second-order valence-electron chi connectivity index (χ2n) is 6.87. The SMILES string of the molecule is O=C(CC(C1=Cc2ccccc2CC1)c1ccccc1)c1ccccc1. The third-order valence-electron chi connectivity index (χ3n) is 5.21. The van der Waals surface area contributed by atoms with Crippen LogP contribution in [0.4, 0.5) is 0 Å². The van der Waals surface area contributed by atoms with Crippen LogP contribution in [0, 0.1) is 0 Å². The molecule has 1 aliphatic rings. The predicted octanol–water partition coefficient (Wildman–Crippen LogP) is 6.07. The highest BCUT2D eigenvalue weighted by atomic mass is 16.1. The number of ketones is 1. The van der Waals surface area contributed by atoms with Crippen LogP contribution < -0.4 is 0 Å². The third-order valence-corrected chi connectivity index (χ3v) is 5.21. The van der Waals surface area contributed by atoms with Gasteiger partial charge in [0.2, 0.25) is 0 Å². The quantitative estimate of drug-likeness (QED) is 0.516. The van der Waals surface area contributed by atoms with Crippen LogP contribution in [-0.4, -0.2) is 5.78 Å². The van der Waals surface area contributed by atoms with Crippen molar-refractivity contribution in [3.63, 3.8) is 0 Å². The van der Waals surface area contributed by atoms with E-state index in [2.05, 4.69) is 54.6 Å². The van der Waals surface area contributed by atoms with Crippen LogP contribution in [0.25, 0.3) is 6.08 Å². The van der Waals surface area contributed by atoms with Crippen molar-refractivity contribution in [2.24, 2.45) is 0 Å². The number of allylic oxidation sites excluding steroid dienone is 1. The average Bonchev–Trinajstić information content (AvgIpc) is 2.73. The molecule has 4 rings (SSSR count). The molecule has 0 aliphatic heterocycles. The summed E-state index contributed by atoms with van der Waals surface area (Å²) in [5.74, 6) is 0.344. The smallest absolute Gasteiger partial charge is 0.163 e. The molecule has 0 saturated heterocycles. The lowest BCUT2D eigenvalue weighted by Gasteiger charge is -2.25. The average molecular weight is 338 g/mol. The summed E-state index contributed by atoms with van der Waals surface area (Å²) >= 11 is 0. The number of fused-ring (bicyclic) bond motifs is 1. The lowest BCUT2D eigenvalue weighted by atomic mass is 9.79. The highest BCUT2D eigenvalue weighted by Gasteiger charge is 2.23. The number of Topliss-reactive ketones (excluding diaryl/α,β-unsaturated/α-hetero) is 1. The maximum atomic E-state index is 12.9. The molecule has 26 heavy (non-hydrogen) atoms. The van der Waals surface area contributed by atoms with Crippen molar-refractivity contribution < 1.29 is 4.79 Å². The Morgan fingerprint density at radius 1 is 0.769 bits per heavy atom. The fraction of sp³-hybridized carbons (Fsp3) is 0.160. The first-order valence-corrected chi connectivity index (χ1v) is 9.23. The summed E-state index contributed by atoms with van der Waals surface area (Å²) in [4.78, 5) is 12.9. The van der Waals surface area contributed by atoms with E-state index in [1.54, 1.807) is 0 Å². The van der Waals surface area contributed by atoms with Crippen LogP contribution in [0.5, 0.6) is 0 Å². The summed E-state index contributed by atoms with van der Waals surface area (Å²) in [6, 6.07) is 28.6. The maximum absolute atomic E-state index is 12.9. The van der Waals surface area contributed by atoms with Gasteiger partial charge in [-0.15, -0.1) is 0 Å². The van der Waals surface area contributed by atoms with Gasteiger partial charge in [0.25, 0.3) is 0 Å². The molecule has 1 nitrogen and oxygen atoms in total. The van der Waals surface area contributed by atoms with Crippen molar-refractivity contribution in [2.75, 3.05) is 0 Å². The van der Waals surface area contributed by atoms with Crippen molar-refractivity contribution in [3.05, 3.63) is 113 Å². The number of hydrogen-bond acceptors (Lipinski definition) is 1. The predicted molar refractivity (Wildman–Crippen MR) is 107 cm³/mol. The van der Waals surface area contributed by atoms with Crippen LogP contribution in [0.2, 0.25) is 0 Å². The van der Waals surface area contributed by atoms with Gasteiger partial charge in [-0.2, -0.15) is 0 Å². The number of carbonyl (C=O) groups is 1. The van der Waals surface area contributed by atoms with E-state index in [9.17, 15) is 4.79 Å². The Morgan fingerprint density at radius 3 is 2.19 bits per heavy atom. The highest BCUT2D eigenvalue weighted by molar-refractivity contribution is 5.96. The lowest BCUT2D eigenvalue weighted by Crippen LogP contribution is -2.13. The zero-order valence-electron chi connectivity index (χ0n) is 14.8. The van der Waals surface area contributed by atoms with Gasteiger partial charge in [0, 0.05) is 17.9 Å². The largest absolute Gasteiger partial charge is 0.294 e. The molecule has 3 aromatic carbocycles. The third kappa shape index (κ3) is 3.52. The van der Waals surface area contributed by atoms with Gasteiger partial charge in [0.1, 0.15) is 0 Å². The molecule has 3 aromatic rings. The minimum atomic E-state index is 0.136. The van der Waals surface area contributed by atoms with Crippen molar-refractivity contribution in [1.82, 2.24) is 0 Å². The van der Waals surface area contributed by atoms with E-state index in [4.69, 9.17) is 0 Å². The number of carbonyl (C=O) groups excluding carboxylic acids is 1. The molecular weight excluding hydrogens is 316 g/mol. The Labute approximate surface area is 155 Å². The highest BCUT2D eigenvalue weighted by Crippen LogP contribution is 2.36. The molecule has 1 heteroatoms. The topological polar surface area (TPSA) is 17.1 Å². The summed E-state index contributed by atoms with van der Waals surface area (Å²) in [7, 11) is 0. The molecule has 0 saturated carbocycles. The summed E-state index contributed by atoms with van der Waals surface area (Å²) in [5.41, 5.74) is 6.08. The minimum absolute atomic E-state index is 0.136. The van der Waals surface area contributed by atoms with Gasteiger partial charge >= 0.3 is 0 Å². The first-order valence-electron chi connectivity index (χ1n) is 9.23. The molecule has 0 radical (unpaired) electrons. The molecule has 128 valence electrons. The van der Waals surface area contributed by atoms with Crippen LogP contribution in [-0.2, 0) is 6.42 Å². The zero-order valence-corrected chi connectivity index (χ0v) is 14.8. The van der Waals surface area contributed by atoms with Gasteiger partial charge in [-0.1, -0.05) is 96.6 Å². The van der Waals surface area contributed by atoms with Crippen molar-refractivity contribution in [2.45, 2.75) is 25.2 Å². The van der Waals surface area contributed by atoms with Crippen LogP contribution in [0.3, 0.4) is 0 Å². The molecule has 0 aromatic heterocycles. The molecule has 1 unspecified atom stereocenters. The Bertz CT molecular complexity index is 923. The van der Waals surface area contributed by atoms with Gasteiger partial charge < -0.3 is 0 Å². The molecule has 0 N–H and O–H groups in total. The standard InChI is InChI=1S/C25H22O/c26-25(21-12-5-2-6-13-21)18-24(20-10-3-1-4-11-20)23-16-15-19-9-7-8-14-22(19)17-23/h1-14,17,24H,15-16,18H2. The van der Waals surface area contributed by atoms with E-state index < -0.39 is 0 Å². The Balaban J connectivity index is 1.69. The summed E-state index contributed by atoms with van der Waals surface area (Å²) in [5, 5.41) is 0. The summed E-state index contributed by atoms with van der Waals surface area (Å²) in [6.45, 7) is 0. The molecule has 0 amide bonds. The van der Waals surface area contributed by atoms with Gasteiger partial charge in [-0.25, -0.2) is 0 Å². The molecule has 1 aliphatic carbocycles. The second-order valence-corrected chi connectivity index (χ2v) is 6.87. The molecule has 1 atom stereocenters. The lowest BCUT2D eigenvalue weighted by molar-refractivity contribution is 0.0977. The minimum Gasteiger partial charge on any atom is -0.294 e. The Kier molecular flexibility index (Phi) is 4.79. The van der Waals surface area contributed by atoms with Gasteiger partial charge in [0.05, 0.1) is 0 Å². The maximum Gasteiger partial charge on any atom is 0.163 e. The molecular formula is C25H22O. The van der Waals surface area contributed by atoms with Crippen LogP contribution in [0.1, 0.15) is 45.8 Å². The first kappa shape index (κ1) is 16.5. The van der Waals surface area contributed by atoms with Crippen LogP contribution >= 0.6 is 0 Å². The Morgan fingerprint density at radius 2 is 1.42 bits per heavy atom. The Hall–Kier alpha value is -2.93. The van der Waals surface area contributed by atoms with Gasteiger partial charge in [-0.05, 0) is 29.5 Å². The van der Waals surface area contributed by atoms with E-state index in [0.29, 0.717) is 6.42 Å².